The Morgan fingerprint density at radius 2 is 2.05 bits per heavy atom. The molecule has 0 spiro atoms. The summed E-state index contributed by atoms with van der Waals surface area (Å²) in [6.45, 7) is 3.89. The minimum atomic E-state index is -0.726. The molecular formula is C15H19BrClNO3. The molecule has 0 fully saturated rings. The lowest BCUT2D eigenvalue weighted by atomic mass is 10.0. The molecule has 1 rings (SSSR count). The number of amides is 1. The van der Waals surface area contributed by atoms with Gasteiger partial charge in [-0.1, -0.05) is 41.4 Å². The van der Waals surface area contributed by atoms with Crippen LogP contribution in [0.5, 0.6) is 0 Å². The summed E-state index contributed by atoms with van der Waals surface area (Å²) in [5.74, 6) is -0.418. The minimum Gasteiger partial charge on any atom is -0.467 e. The maximum absolute atomic E-state index is 11.9. The van der Waals surface area contributed by atoms with Crippen LogP contribution < -0.4 is 5.32 Å². The predicted octanol–water partition coefficient (Wildman–Crippen LogP) is 3.35. The minimum absolute atomic E-state index is 0.168. The van der Waals surface area contributed by atoms with Crippen molar-refractivity contribution in [1.29, 1.82) is 0 Å². The fourth-order valence-electron chi connectivity index (χ4n) is 1.88. The van der Waals surface area contributed by atoms with Gasteiger partial charge in [0, 0.05) is 22.3 Å². The van der Waals surface area contributed by atoms with Gasteiger partial charge in [0.15, 0.2) is 0 Å². The van der Waals surface area contributed by atoms with E-state index in [1.807, 2.05) is 19.9 Å². The summed E-state index contributed by atoms with van der Waals surface area (Å²) in [5.41, 5.74) is 0.836. The van der Waals surface area contributed by atoms with Crippen molar-refractivity contribution in [1.82, 2.24) is 5.32 Å². The first-order valence-electron chi connectivity index (χ1n) is 6.64. The summed E-state index contributed by atoms with van der Waals surface area (Å²) in [6, 6.07) is 4.59. The van der Waals surface area contributed by atoms with Crippen LogP contribution in [0.2, 0.25) is 5.02 Å². The van der Waals surface area contributed by atoms with Gasteiger partial charge in [0.1, 0.15) is 6.04 Å². The van der Waals surface area contributed by atoms with Crippen molar-refractivity contribution in [3.63, 3.8) is 0 Å². The number of halogens is 2. The van der Waals surface area contributed by atoms with Crippen molar-refractivity contribution in [2.24, 2.45) is 5.92 Å². The van der Waals surface area contributed by atoms with Crippen LogP contribution in [-0.4, -0.2) is 25.0 Å². The molecule has 0 unspecified atom stereocenters. The van der Waals surface area contributed by atoms with Crippen LogP contribution in [0.3, 0.4) is 0 Å². The average molecular weight is 377 g/mol. The number of nitrogens with one attached hydrogen (secondary N) is 1. The molecule has 1 amide bonds. The lowest BCUT2D eigenvalue weighted by molar-refractivity contribution is -0.145. The lowest BCUT2D eigenvalue weighted by Gasteiger charge is -2.18. The second kappa shape index (κ2) is 8.39. The van der Waals surface area contributed by atoms with E-state index in [4.69, 9.17) is 16.3 Å². The van der Waals surface area contributed by atoms with Crippen molar-refractivity contribution in [2.45, 2.75) is 32.7 Å². The van der Waals surface area contributed by atoms with Crippen LogP contribution >= 0.6 is 27.5 Å². The molecule has 1 aromatic carbocycles. The van der Waals surface area contributed by atoms with Crippen molar-refractivity contribution in [3.8, 4) is 0 Å². The molecule has 0 saturated carbocycles. The molecule has 0 aliphatic heterocycles. The van der Waals surface area contributed by atoms with Crippen LogP contribution in [0, 0.1) is 5.92 Å². The van der Waals surface area contributed by atoms with E-state index in [9.17, 15) is 9.59 Å². The predicted molar refractivity (Wildman–Crippen MR) is 86.3 cm³/mol. The number of ether oxygens (including phenoxy) is 1. The highest BCUT2D eigenvalue weighted by Crippen LogP contribution is 2.22. The van der Waals surface area contributed by atoms with Gasteiger partial charge in [0.25, 0.3) is 0 Å². The molecule has 21 heavy (non-hydrogen) atoms. The summed E-state index contributed by atoms with van der Waals surface area (Å²) in [7, 11) is 1.30. The molecule has 0 radical (unpaired) electrons. The van der Waals surface area contributed by atoms with E-state index < -0.39 is 12.0 Å². The Morgan fingerprint density at radius 1 is 1.38 bits per heavy atom. The van der Waals surface area contributed by atoms with Gasteiger partial charge in [0.2, 0.25) is 5.91 Å². The smallest absolute Gasteiger partial charge is 0.328 e. The van der Waals surface area contributed by atoms with Gasteiger partial charge in [0.05, 0.1) is 7.11 Å². The number of hydrogen-bond acceptors (Lipinski definition) is 3. The Labute approximate surface area is 138 Å². The summed E-state index contributed by atoms with van der Waals surface area (Å²) in [5, 5.41) is 3.29. The zero-order valence-electron chi connectivity index (χ0n) is 12.3. The molecular weight excluding hydrogens is 358 g/mol. The van der Waals surface area contributed by atoms with Crippen molar-refractivity contribution in [2.75, 3.05) is 7.11 Å². The van der Waals surface area contributed by atoms with Crippen LogP contribution in [0.4, 0.5) is 0 Å². The summed E-state index contributed by atoms with van der Waals surface area (Å²) < 4.78 is 5.59. The van der Waals surface area contributed by atoms with E-state index in [1.54, 1.807) is 12.1 Å². The first-order chi connectivity index (χ1) is 9.83. The fraction of sp³-hybridized carbons (Fsp3) is 0.467. The van der Waals surface area contributed by atoms with Crippen molar-refractivity contribution in [3.05, 3.63) is 33.3 Å². The molecule has 6 heteroatoms. The first kappa shape index (κ1) is 18.0. The van der Waals surface area contributed by atoms with Crippen molar-refractivity contribution < 1.29 is 14.3 Å². The van der Waals surface area contributed by atoms with Gasteiger partial charge in [-0.3, -0.25) is 4.79 Å². The Balaban J connectivity index is 2.86. The number of benzene rings is 1. The SMILES string of the molecule is COC(=O)[C@H](Cc1cc(Cl)ccc1Br)NC(=O)CC(C)C. The monoisotopic (exact) mass is 375 g/mol. The van der Waals surface area contributed by atoms with E-state index in [-0.39, 0.29) is 11.8 Å². The van der Waals surface area contributed by atoms with E-state index in [0.29, 0.717) is 17.9 Å². The average Bonchev–Trinajstić information content (AvgIpc) is 2.40. The Hall–Kier alpha value is -1.07. The van der Waals surface area contributed by atoms with Gasteiger partial charge in [-0.15, -0.1) is 0 Å². The number of methoxy groups -OCH3 is 1. The zero-order chi connectivity index (χ0) is 16.0. The molecule has 0 heterocycles. The maximum Gasteiger partial charge on any atom is 0.328 e. The maximum atomic E-state index is 11.9. The number of carbonyl (C=O) groups is 2. The van der Waals surface area contributed by atoms with Gasteiger partial charge >= 0.3 is 5.97 Å². The number of esters is 1. The molecule has 0 saturated heterocycles. The number of carbonyl (C=O) groups excluding carboxylic acids is 2. The van der Waals surface area contributed by atoms with Crippen LogP contribution in [-0.2, 0) is 20.7 Å². The highest BCUT2D eigenvalue weighted by Gasteiger charge is 2.23. The van der Waals surface area contributed by atoms with E-state index in [0.717, 1.165) is 10.0 Å². The van der Waals surface area contributed by atoms with Crippen LogP contribution in [0.1, 0.15) is 25.8 Å². The standard InChI is InChI=1S/C15H19BrClNO3/c1-9(2)6-14(19)18-13(15(20)21-3)8-10-7-11(17)4-5-12(10)16/h4-5,7,9,13H,6,8H2,1-3H3,(H,18,19)/t13-/m0/s1. The summed E-state index contributed by atoms with van der Waals surface area (Å²) >= 11 is 9.38. The first-order valence-corrected chi connectivity index (χ1v) is 7.81. The third kappa shape index (κ3) is 6.06. The molecule has 0 bridgehead atoms. The molecule has 1 atom stereocenters. The Bertz CT molecular complexity index is 520. The Kier molecular flexibility index (Phi) is 7.18. The van der Waals surface area contributed by atoms with Gasteiger partial charge in [-0.25, -0.2) is 4.79 Å². The normalized spacial score (nSPS) is 12.1. The molecule has 0 aliphatic rings. The largest absolute Gasteiger partial charge is 0.467 e. The number of rotatable bonds is 6. The second-order valence-electron chi connectivity index (χ2n) is 5.18. The Morgan fingerprint density at radius 3 is 2.62 bits per heavy atom. The molecule has 1 aromatic rings. The molecule has 0 aromatic heterocycles. The van der Waals surface area contributed by atoms with E-state index >= 15 is 0 Å². The fourth-order valence-corrected chi connectivity index (χ4v) is 2.48. The summed E-state index contributed by atoms with van der Waals surface area (Å²) in [4.78, 5) is 23.7. The second-order valence-corrected chi connectivity index (χ2v) is 6.47. The molecule has 4 nitrogen and oxygen atoms in total. The third-order valence-electron chi connectivity index (χ3n) is 2.85. The van der Waals surface area contributed by atoms with E-state index in [1.165, 1.54) is 7.11 Å². The van der Waals surface area contributed by atoms with Gasteiger partial charge < -0.3 is 10.1 Å². The third-order valence-corrected chi connectivity index (χ3v) is 3.86. The quantitative estimate of drug-likeness (QED) is 0.775. The zero-order valence-corrected chi connectivity index (χ0v) is 14.6. The molecule has 0 aliphatic carbocycles. The van der Waals surface area contributed by atoms with Gasteiger partial charge in [-0.05, 0) is 29.7 Å². The van der Waals surface area contributed by atoms with Crippen LogP contribution in [0.15, 0.2) is 22.7 Å². The van der Waals surface area contributed by atoms with Gasteiger partial charge in [-0.2, -0.15) is 0 Å². The lowest BCUT2D eigenvalue weighted by Crippen LogP contribution is -2.43. The number of hydrogen-bond donors (Lipinski definition) is 1. The summed E-state index contributed by atoms with van der Waals surface area (Å²) in [6.07, 6.45) is 0.682. The highest BCUT2D eigenvalue weighted by molar-refractivity contribution is 9.10. The molecule has 116 valence electrons. The topological polar surface area (TPSA) is 55.4 Å². The molecule has 1 N–H and O–H groups in total. The van der Waals surface area contributed by atoms with Crippen molar-refractivity contribution >= 4 is 39.4 Å². The highest BCUT2D eigenvalue weighted by atomic mass is 79.9. The van der Waals surface area contributed by atoms with E-state index in [2.05, 4.69) is 21.2 Å². The van der Waals surface area contributed by atoms with Crippen LogP contribution in [0.25, 0.3) is 0 Å².